The van der Waals surface area contributed by atoms with Crippen LogP contribution in [0.1, 0.15) is 0 Å². The second kappa shape index (κ2) is 17.8. The summed E-state index contributed by atoms with van der Waals surface area (Å²) in [5, 5.41) is 3.69. The molecule has 0 amide bonds. The van der Waals surface area contributed by atoms with Crippen LogP contribution in [0, 0.1) is 0 Å². The molecule has 6 aromatic rings. The van der Waals surface area contributed by atoms with Gasteiger partial charge < -0.3 is 13.7 Å². The Hall–Kier alpha value is -1.17. The van der Waals surface area contributed by atoms with Crippen molar-refractivity contribution in [1.29, 1.82) is 0 Å². The molecule has 0 spiro atoms. The summed E-state index contributed by atoms with van der Waals surface area (Å²) < 4.78 is 98.0. The fraction of sp³-hybridized carbons (Fsp3) is 0. The topological polar surface area (TPSA) is 172 Å². The van der Waals surface area contributed by atoms with Gasteiger partial charge in [0.05, 0.1) is 14.7 Å². The van der Waals surface area contributed by atoms with Crippen molar-refractivity contribution in [1.82, 2.24) is 0 Å². The average Bonchev–Trinajstić information content (AvgIpc) is 2.95. The van der Waals surface area contributed by atoms with E-state index >= 15 is 0 Å². The Morgan fingerprint density at radius 2 is 0.511 bits per heavy atom. The Balaban J connectivity index is 0.000000327. The monoisotopic (exact) mass is 690 g/mol. The summed E-state index contributed by atoms with van der Waals surface area (Å²) >= 11 is 0. The summed E-state index contributed by atoms with van der Waals surface area (Å²) in [5.41, 5.74) is 0. The molecule has 15 heteroatoms. The van der Waals surface area contributed by atoms with Gasteiger partial charge in [-0.25, -0.2) is 25.3 Å². The SMILES string of the molecule is O=S(=O)([O-])c1cccc2ccccc12.O=S(=O)([O-])c1cccc2ccccc12.O=S(=O)([O-])c1cccc2ccccc12.[Na+].[Na+].[Na+]. The van der Waals surface area contributed by atoms with Gasteiger partial charge in [-0.3, -0.25) is 0 Å². The first kappa shape index (κ1) is 41.9. The first-order chi connectivity index (χ1) is 19.8. The standard InChI is InChI=1S/3C10H8O3S.3Na/c3*11-14(12,13)10-7-3-5-8-4-1-2-6-9(8)10;;;/h3*1-7H,(H,11,12,13);;;/q;;;3*+1/p-3. The van der Waals surface area contributed by atoms with Crippen molar-refractivity contribution in [2.24, 2.45) is 0 Å². The zero-order valence-electron chi connectivity index (χ0n) is 24.5. The molecule has 0 aliphatic heterocycles. The van der Waals surface area contributed by atoms with Gasteiger partial charge in [-0.15, -0.1) is 0 Å². The van der Waals surface area contributed by atoms with Crippen LogP contribution in [-0.2, 0) is 30.4 Å². The molecule has 216 valence electrons. The van der Waals surface area contributed by atoms with Crippen molar-refractivity contribution in [2.75, 3.05) is 0 Å². The van der Waals surface area contributed by atoms with E-state index in [1.165, 1.54) is 18.2 Å². The molecule has 0 radical (unpaired) electrons. The Bertz CT molecular complexity index is 1970. The largest absolute Gasteiger partial charge is 1.00 e. The van der Waals surface area contributed by atoms with Gasteiger partial charge in [0.1, 0.15) is 30.4 Å². The maximum atomic E-state index is 10.9. The van der Waals surface area contributed by atoms with E-state index in [2.05, 4.69) is 0 Å². The fourth-order valence-electron chi connectivity index (χ4n) is 4.24. The van der Waals surface area contributed by atoms with E-state index in [-0.39, 0.29) is 103 Å². The predicted octanol–water partition coefficient (Wildman–Crippen LogP) is -3.76. The number of hydrogen-bond acceptors (Lipinski definition) is 9. The molecule has 6 aromatic carbocycles. The van der Waals surface area contributed by atoms with Crippen LogP contribution in [0.25, 0.3) is 32.3 Å². The smallest absolute Gasteiger partial charge is 0.744 e. The van der Waals surface area contributed by atoms with E-state index in [0.717, 1.165) is 16.2 Å². The van der Waals surface area contributed by atoms with Gasteiger partial charge in [-0.1, -0.05) is 109 Å². The summed E-state index contributed by atoms with van der Waals surface area (Å²) in [6, 6.07) is 34.6. The Labute approximate surface area is 328 Å². The van der Waals surface area contributed by atoms with Crippen LogP contribution in [0.5, 0.6) is 0 Å². The van der Waals surface area contributed by atoms with Crippen molar-refractivity contribution in [3.8, 4) is 0 Å². The Morgan fingerprint density at radius 1 is 0.311 bits per heavy atom. The molecule has 45 heavy (non-hydrogen) atoms. The number of benzene rings is 6. The van der Waals surface area contributed by atoms with Crippen molar-refractivity contribution in [3.05, 3.63) is 127 Å². The molecule has 0 unspecified atom stereocenters. The minimum atomic E-state index is -4.38. The van der Waals surface area contributed by atoms with Gasteiger partial charge in [0, 0.05) is 0 Å². The van der Waals surface area contributed by atoms with Crippen LogP contribution in [-0.4, -0.2) is 38.9 Å². The van der Waals surface area contributed by atoms with Gasteiger partial charge in [0.25, 0.3) is 0 Å². The second-order valence-corrected chi connectivity index (χ2v) is 12.8. The molecule has 0 aliphatic rings. The molecule has 0 saturated heterocycles. The van der Waals surface area contributed by atoms with Crippen LogP contribution < -0.4 is 88.7 Å². The van der Waals surface area contributed by atoms with Crippen molar-refractivity contribution in [3.63, 3.8) is 0 Å². The zero-order chi connectivity index (χ0) is 30.5. The molecule has 0 aromatic heterocycles. The van der Waals surface area contributed by atoms with Crippen molar-refractivity contribution < 1.29 is 128 Å². The van der Waals surface area contributed by atoms with E-state index < -0.39 is 30.4 Å². The third kappa shape index (κ3) is 11.2. The summed E-state index contributed by atoms with van der Waals surface area (Å²) in [4.78, 5) is -0.471. The molecule has 0 fully saturated rings. The van der Waals surface area contributed by atoms with Gasteiger partial charge in [0.2, 0.25) is 0 Å². The van der Waals surface area contributed by atoms with E-state index in [4.69, 9.17) is 0 Å². The van der Waals surface area contributed by atoms with E-state index in [1.807, 2.05) is 0 Å². The van der Waals surface area contributed by atoms with Gasteiger partial charge in [0.15, 0.2) is 0 Å². The summed E-state index contributed by atoms with van der Waals surface area (Å²) in [7, 11) is -13.1. The number of fused-ring (bicyclic) bond motifs is 3. The molecule has 0 bridgehead atoms. The predicted molar refractivity (Wildman–Crippen MR) is 156 cm³/mol. The minimum Gasteiger partial charge on any atom is -0.744 e. The molecule has 6 rings (SSSR count). The van der Waals surface area contributed by atoms with Gasteiger partial charge >= 0.3 is 88.7 Å². The summed E-state index contributed by atoms with van der Waals surface area (Å²) in [5.74, 6) is 0. The zero-order valence-corrected chi connectivity index (χ0v) is 33.0. The van der Waals surface area contributed by atoms with E-state index in [0.29, 0.717) is 16.2 Å². The van der Waals surface area contributed by atoms with Crippen molar-refractivity contribution in [2.45, 2.75) is 14.7 Å². The molecular formula is C30H21Na3O9S3. The summed E-state index contributed by atoms with van der Waals surface area (Å²) in [6.45, 7) is 0. The van der Waals surface area contributed by atoms with Crippen LogP contribution in [0.3, 0.4) is 0 Å². The first-order valence-electron chi connectivity index (χ1n) is 12.1. The van der Waals surface area contributed by atoms with Crippen LogP contribution in [0.15, 0.2) is 142 Å². The van der Waals surface area contributed by atoms with E-state index in [1.54, 1.807) is 109 Å². The Morgan fingerprint density at radius 3 is 0.733 bits per heavy atom. The Kier molecular flexibility index (Phi) is 16.6. The van der Waals surface area contributed by atoms with Crippen LogP contribution in [0.4, 0.5) is 0 Å². The third-order valence-electron chi connectivity index (χ3n) is 6.06. The quantitative estimate of drug-likeness (QED) is 0.134. The van der Waals surface area contributed by atoms with Crippen LogP contribution >= 0.6 is 0 Å². The van der Waals surface area contributed by atoms with Crippen LogP contribution in [0.2, 0.25) is 0 Å². The molecule has 0 saturated carbocycles. The minimum absolute atomic E-state index is 0. The van der Waals surface area contributed by atoms with E-state index in [9.17, 15) is 38.9 Å². The van der Waals surface area contributed by atoms with Crippen molar-refractivity contribution >= 4 is 62.7 Å². The average molecular weight is 691 g/mol. The number of rotatable bonds is 3. The summed E-state index contributed by atoms with van der Waals surface area (Å²) in [6.07, 6.45) is 0. The number of hydrogen-bond donors (Lipinski definition) is 0. The fourth-order valence-corrected chi connectivity index (χ4v) is 6.34. The maximum absolute atomic E-state index is 10.9. The molecule has 0 aliphatic carbocycles. The molecule has 0 heterocycles. The van der Waals surface area contributed by atoms with Gasteiger partial charge in [-0.2, -0.15) is 0 Å². The van der Waals surface area contributed by atoms with Gasteiger partial charge in [-0.05, 0) is 50.5 Å². The third-order valence-corrected chi connectivity index (χ3v) is 8.74. The second-order valence-electron chi connectivity index (χ2n) is 8.79. The normalized spacial score (nSPS) is 11.0. The molecule has 0 atom stereocenters. The molecule has 9 nitrogen and oxygen atoms in total. The maximum Gasteiger partial charge on any atom is 1.00 e. The first-order valence-corrected chi connectivity index (χ1v) is 16.3. The molecular weight excluding hydrogens is 669 g/mol. The molecule has 0 N–H and O–H groups in total.